The van der Waals surface area contributed by atoms with E-state index in [-0.39, 0.29) is 5.91 Å². The summed E-state index contributed by atoms with van der Waals surface area (Å²) in [6.45, 7) is 5.92. The molecule has 0 bridgehead atoms. The predicted molar refractivity (Wildman–Crippen MR) is 55.9 cm³/mol. The van der Waals surface area contributed by atoms with E-state index < -0.39 is 0 Å². The lowest BCUT2D eigenvalue weighted by Gasteiger charge is -2.01. The first kappa shape index (κ1) is 11.7. The smallest absolute Gasteiger partial charge is 0.251 e. The zero-order chi connectivity index (χ0) is 10.3. The maximum absolute atomic E-state index is 11.1. The van der Waals surface area contributed by atoms with Gasteiger partial charge in [0.15, 0.2) is 0 Å². The van der Waals surface area contributed by atoms with Crippen molar-refractivity contribution in [2.24, 2.45) is 0 Å². The molecular weight excluding hydrogens is 162 g/mol. The zero-order valence-corrected chi connectivity index (χ0v) is 8.72. The fourth-order valence-corrected chi connectivity index (χ4v) is 0.962. The Labute approximate surface area is 80.0 Å². The highest BCUT2D eigenvalue weighted by Gasteiger charge is 2.03. The molecule has 2 nitrogen and oxygen atoms in total. The molecule has 0 saturated heterocycles. The number of rotatable bonds is 1. The van der Waals surface area contributed by atoms with Gasteiger partial charge < -0.3 is 5.32 Å². The second-order valence-electron chi connectivity index (χ2n) is 2.39. The molecule has 1 amide bonds. The van der Waals surface area contributed by atoms with Crippen LogP contribution in [0.3, 0.4) is 0 Å². The van der Waals surface area contributed by atoms with Gasteiger partial charge in [0.05, 0.1) is 0 Å². The molecule has 0 aliphatic carbocycles. The Kier molecular flexibility index (Phi) is 5.60. The SMILES string of the molecule is CC.CNC(=O)c1ccccc1C. The molecule has 1 aromatic carbocycles. The van der Waals surface area contributed by atoms with E-state index in [9.17, 15) is 4.79 Å². The van der Waals surface area contributed by atoms with E-state index in [4.69, 9.17) is 0 Å². The van der Waals surface area contributed by atoms with Gasteiger partial charge >= 0.3 is 0 Å². The van der Waals surface area contributed by atoms with Crippen molar-refractivity contribution in [3.8, 4) is 0 Å². The van der Waals surface area contributed by atoms with E-state index in [1.807, 2.05) is 45.0 Å². The Bertz CT molecular complexity index is 269. The van der Waals surface area contributed by atoms with Crippen molar-refractivity contribution in [2.75, 3.05) is 7.05 Å². The molecule has 0 aliphatic rings. The molecule has 2 heteroatoms. The molecule has 1 N–H and O–H groups in total. The number of nitrogens with one attached hydrogen (secondary N) is 1. The average Bonchev–Trinajstić information content (AvgIpc) is 2.20. The summed E-state index contributed by atoms with van der Waals surface area (Å²) >= 11 is 0. The molecule has 0 aliphatic heterocycles. The summed E-state index contributed by atoms with van der Waals surface area (Å²) in [4.78, 5) is 11.1. The zero-order valence-electron chi connectivity index (χ0n) is 8.72. The van der Waals surface area contributed by atoms with Crippen LogP contribution in [0.5, 0.6) is 0 Å². The number of carbonyl (C=O) groups is 1. The van der Waals surface area contributed by atoms with Gasteiger partial charge in [-0.2, -0.15) is 0 Å². The van der Waals surface area contributed by atoms with Crippen molar-refractivity contribution in [3.05, 3.63) is 35.4 Å². The van der Waals surface area contributed by atoms with Gasteiger partial charge in [-0.15, -0.1) is 0 Å². The number of amides is 1. The van der Waals surface area contributed by atoms with E-state index >= 15 is 0 Å². The van der Waals surface area contributed by atoms with Crippen molar-refractivity contribution in [1.29, 1.82) is 0 Å². The van der Waals surface area contributed by atoms with Crippen molar-refractivity contribution < 1.29 is 4.79 Å². The van der Waals surface area contributed by atoms with Gasteiger partial charge in [-0.05, 0) is 18.6 Å². The Balaban J connectivity index is 0.000000671. The van der Waals surface area contributed by atoms with E-state index in [1.165, 1.54) is 0 Å². The molecule has 1 aromatic rings. The highest BCUT2D eigenvalue weighted by atomic mass is 16.1. The summed E-state index contributed by atoms with van der Waals surface area (Å²) in [6.07, 6.45) is 0. The van der Waals surface area contributed by atoms with Crippen molar-refractivity contribution in [2.45, 2.75) is 20.8 Å². The van der Waals surface area contributed by atoms with Crippen molar-refractivity contribution in [3.63, 3.8) is 0 Å². The summed E-state index contributed by atoms with van der Waals surface area (Å²) in [7, 11) is 1.63. The monoisotopic (exact) mass is 179 g/mol. The van der Waals surface area contributed by atoms with Gasteiger partial charge in [-0.1, -0.05) is 32.0 Å². The molecule has 0 unspecified atom stereocenters. The van der Waals surface area contributed by atoms with E-state index in [0.717, 1.165) is 11.1 Å². The Morgan fingerprint density at radius 1 is 1.23 bits per heavy atom. The Morgan fingerprint density at radius 3 is 2.23 bits per heavy atom. The van der Waals surface area contributed by atoms with Crippen LogP contribution in [0.4, 0.5) is 0 Å². The van der Waals surface area contributed by atoms with Crippen LogP contribution in [0.1, 0.15) is 29.8 Å². The third kappa shape index (κ3) is 3.28. The predicted octanol–water partition coefficient (Wildman–Crippen LogP) is 2.38. The first-order chi connectivity index (χ1) is 6.25. The second-order valence-corrected chi connectivity index (χ2v) is 2.39. The van der Waals surface area contributed by atoms with Crippen LogP contribution in [0, 0.1) is 6.92 Å². The summed E-state index contributed by atoms with van der Waals surface area (Å²) in [5.41, 5.74) is 1.75. The molecule has 13 heavy (non-hydrogen) atoms. The van der Waals surface area contributed by atoms with Gasteiger partial charge in [-0.25, -0.2) is 0 Å². The normalized spacial score (nSPS) is 8.31. The van der Waals surface area contributed by atoms with Gasteiger partial charge in [0, 0.05) is 12.6 Å². The van der Waals surface area contributed by atoms with Crippen LogP contribution < -0.4 is 5.32 Å². The summed E-state index contributed by atoms with van der Waals surface area (Å²) in [5, 5.41) is 2.58. The summed E-state index contributed by atoms with van der Waals surface area (Å²) in [6, 6.07) is 7.51. The average molecular weight is 179 g/mol. The first-order valence-corrected chi connectivity index (χ1v) is 4.53. The number of carbonyl (C=O) groups excluding carboxylic acids is 1. The standard InChI is InChI=1S/C9H11NO.C2H6/c1-7-5-3-4-6-8(7)9(11)10-2;1-2/h3-6H,1-2H3,(H,10,11);1-2H3. The van der Waals surface area contributed by atoms with Crippen LogP contribution >= 0.6 is 0 Å². The van der Waals surface area contributed by atoms with Crippen LogP contribution in [-0.4, -0.2) is 13.0 Å². The highest BCUT2D eigenvalue weighted by Crippen LogP contribution is 2.05. The van der Waals surface area contributed by atoms with Crippen molar-refractivity contribution >= 4 is 5.91 Å². The molecule has 0 spiro atoms. The minimum Gasteiger partial charge on any atom is -0.355 e. The highest BCUT2D eigenvalue weighted by molar-refractivity contribution is 5.95. The van der Waals surface area contributed by atoms with E-state index in [0.29, 0.717) is 0 Å². The Morgan fingerprint density at radius 2 is 1.77 bits per heavy atom. The minimum absolute atomic E-state index is 0.0249. The topological polar surface area (TPSA) is 29.1 Å². The fraction of sp³-hybridized carbons (Fsp3) is 0.364. The minimum atomic E-state index is -0.0249. The molecule has 0 radical (unpaired) electrons. The van der Waals surface area contributed by atoms with Gasteiger partial charge in [0.25, 0.3) is 5.91 Å². The van der Waals surface area contributed by atoms with Crippen LogP contribution in [0.25, 0.3) is 0 Å². The summed E-state index contributed by atoms with van der Waals surface area (Å²) < 4.78 is 0. The van der Waals surface area contributed by atoms with E-state index in [2.05, 4.69) is 5.32 Å². The number of hydrogen-bond acceptors (Lipinski definition) is 1. The van der Waals surface area contributed by atoms with Gasteiger partial charge in [0.1, 0.15) is 0 Å². The molecule has 0 aromatic heterocycles. The van der Waals surface area contributed by atoms with Crippen LogP contribution in [0.15, 0.2) is 24.3 Å². The molecule has 72 valence electrons. The first-order valence-electron chi connectivity index (χ1n) is 4.53. The largest absolute Gasteiger partial charge is 0.355 e. The lowest BCUT2D eigenvalue weighted by molar-refractivity contribution is 0.0962. The van der Waals surface area contributed by atoms with Crippen molar-refractivity contribution in [1.82, 2.24) is 5.32 Å². The molecule has 0 atom stereocenters. The Hall–Kier alpha value is -1.31. The number of hydrogen-bond donors (Lipinski definition) is 1. The summed E-state index contributed by atoms with van der Waals surface area (Å²) in [5.74, 6) is -0.0249. The van der Waals surface area contributed by atoms with E-state index in [1.54, 1.807) is 7.05 Å². The fourth-order valence-electron chi connectivity index (χ4n) is 0.962. The maximum Gasteiger partial charge on any atom is 0.251 e. The van der Waals surface area contributed by atoms with Gasteiger partial charge in [-0.3, -0.25) is 4.79 Å². The quantitative estimate of drug-likeness (QED) is 0.704. The third-order valence-corrected chi connectivity index (χ3v) is 1.62. The second kappa shape index (κ2) is 6.23. The molecule has 1 rings (SSSR count). The van der Waals surface area contributed by atoms with Gasteiger partial charge in [0.2, 0.25) is 0 Å². The molecule has 0 saturated carbocycles. The molecule has 0 heterocycles. The molecular formula is C11H17NO. The third-order valence-electron chi connectivity index (χ3n) is 1.62. The maximum atomic E-state index is 11.1. The number of benzene rings is 1. The van der Waals surface area contributed by atoms with Crippen LogP contribution in [0.2, 0.25) is 0 Å². The molecule has 0 fully saturated rings. The number of aryl methyl sites for hydroxylation is 1. The lowest BCUT2D eigenvalue weighted by Crippen LogP contribution is -2.18. The lowest BCUT2D eigenvalue weighted by atomic mass is 10.1. The van der Waals surface area contributed by atoms with Crippen LogP contribution in [-0.2, 0) is 0 Å².